The summed E-state index contributed by atoms with van der Waals surface area (Å²) in [7, 11) is -3.90. The summed E-state index contributed by atoms with van der Waals surface area (Å²) in [5, 5.41) is 24.7. The molecule has 39 heavy (non-hydrogen) atoms. The van der Waals surface area contributed by atoms with Crippen molar-refractivity contribution in [1.29, 1.82) is 5.41 Å². The predicted molar refractivity (Wildman–Crippen MR) is 149 cm³/mol. The van der Waals surface area contributed by atoms with Gasteiger partial charge in [0.2, 0.25) is 21.8 Å². The van der Waals surface area contributed by atoms with E-state index < -0.39 is 34.0 Å². The fourth-order valence-corrected chi connectivity index (χ4v) is 6.39. The van der Waals surface area contributed by atoms with Crippen molar-refractivity contribution in [3.63, 3.8) is 0 Å². The number of thioether (sulfide) groups is 1. The largest absolute Gasteiger partial charge is 0.480 e. The highest BCUT2D eigenvalue weighted by atomic mass is 32.2. The second kappa shape index (κ2) is 14.0. The van der Waals surface area contributed by atoms with Gasteiger partial charge in [0.1, 0.15) is 12.1 Å². The zero-order chi connectivity index (χ0) is 28.4. The Morgan fingerprint density at radius 2 is 1.82 bits per heavy atom. The fraction of sp³-hybridized carbons (Fsp3) is 0.360. The maximum atomic E-state index is 13.1. The number of carbonyl (C=O) groups is 3. The highest BCUT2D eigenvalue weighted by molar-refractivity contribution is 8.00. The Bertz CT molecular complexity index is 1270. The lowest BCUT2D eigenvalue weighted by Gasteiger charge is -2.25. The SMILES string of the molecule is N=C(N)NCCSCC(=O)Nc1ccc(C[C@H](NC(=O)[C@@H]2CCCN2S(=O)(=O)c2ccccc2)C(=O)O)cc1. The minimum atomic E-state index is -3.90. The Kier molecular flexibility index (Phi) is 10.7. The number of nitrogens with one attached hydrogen (secondary N) is 4. The first-order chi connectivity index (χ1) is 18.6. The number of anilines is 1. The molecule has 1 aliphatic rings. The van der Waals surface area contributed by atoms with Crippen molar-refractivity contribution in [1.82, 2.24) is 14.9 Å². The maximum Gasteiger partial charge on any atom is 0.326 e. The molecule has 3 rings (SSSR count). The van der Waals surface area contributed by atoms with E-state index in [0.29, 0.717) is 36.4 Å². The molecule has 2 aromatic carbocycles. The van der Waals surface area contributed by atoms with E-state index in [9.17, 15) is 27.9 Å². The number of guanidine groups is 1. The van der Waals surface area contributed by atoms with E-state index in [1.54, 1.807) is 42.5 Å². The first kappa shape index (κ1) is 29.9. The van der Waals surface area contributed by atoms with Gasteiger partial charge in [-0.15, -0.1) is 0 Å². The van der Waals surface area contributed by atoms with Gasteiger partial charge in [-0.2, -0.15) is 16.1 Å². The molecular weight excluding hydrogens is 544 g/mol. The van der Waals surface area contributed by atoms with Crippen LogP contribution in [0.2, 0.25) is 0 Å². The van der Waals surface area contributed by atoms with Gasteiger partial charge < -0.3 is 26.8 Å². The number of amides is 2. The van der Waals surface area contributed by atoms with E-state index in [2.05, 4.69) is 16.0 Å². The molecule has 0 saturated carbocycles. The van der Waals surface area contributed by atoms with E-state index in [-0.39, 0.29) is 35.5 Å². The molecule has 0 bridgehead atoms. The molecule has 1 heterocycles. The molecule has 0 spiro atoms. The summed E-state index contributed by atoms with van der Waals surface area (Å²) >= 11 is 1.38. The number of nitrogens with zero attached hydrogens (tertiary/aromatic N) is 1. The lowest BCUT2D eigenvalue weighted by molar-refractivity contribution is -0.142. The van der Waals surface area contributed by atoms with Gasteiger partial charge in [0.15, 0.2) is 5.96 Å². The number of benzene rings is 2. The van der Waals surface area contributed by atoms with Crippen LogP contribution in [0.3, 0.4) is 0 Å². The topological polar surface area (TPSA) is 195 Å². The number of nitrogens with two attached hydrogens (primary N) is 1. The summed E-state index contributed by atoms with van der Waals surface area (Å²) in [6.07, 6.45) is 0.763. The minimum absolute atomic E-state index is 0.0214. The fourth-order valence-electron chi connectivity index (χ4n) is 4.07. The van der Waals surface area contributed by atoms with Crippen LogP contribution in [0, 0.1) is 5.41 Å². The summed E-state index contributed by atoms with van der Waals surface area (Å²) < 4.78 is 27.3. The summed E-state index contributed by atoms with van der Waals surface area (Å²) in [5.41, 5.74) is 6.35. The van der Waals surface area contributed by atoms with Crippen molar-refractivity contribution in [3.8, 4) is 0 Å². The summed E-state index contributed by atoms with van der Waals surface area (Å²) in [6, 6.07) is 12.2. The van der Waals surface area contributed by atoms with Crippen LogP contribution >= 0.6 is 11.8 Å². The third kappa shape index (κ3) is 8.70. The smallest absolute Gasteiger partial charge is 0.326 e. The molecule has 2 amide bonds. The first-order valence-corrected chi connectivity index (χ1v) is 14.8. The van der Waals surface area contributed by atoms with Crippen LogP contribution in [0.1, 0.15) is 18.4 Å². The second-order valence-corrected chi connectivity index (χ2v) is 11.8. The molecule has 0 radical (unpaired) electrons. The van der Waals surface area contributed by atoms with Crippen molar-refractivity contribution in [3.05, 3.63) is 60.2 Å². The number of hydrogen-bond acceptors (Lipinski definition) is 7. The minimum Gasteiger partial charge on any atom is -0.480 e. The van der Waals surface area contributed by atoms with Crippen LogP contribution in [-0.2, 0) is 30.8 Å². The number of carboxylic acids is 1. The van der Waals surface area contributed by atoms with Crippen LogP contribution in [0.15, 0.2) is 59.5 Å². The van der Waals surface area contributed by atoms with E-state index >= 15 is 0 Å². The van der Waals surface area contributed by atoms with Gasteiger partial charge in [-0.1, -0.05) is 30.3 Å². The molecule has 0 aromatic heterocycles. The summed E-state index contributed by atoms with van der Waals surface area (Å²) in [4.78, 5) is 37.1. The van der Waals surface area contributed by atoms with Gasteiger partial charge in [-0.05, 0) is 42.7 Å². The number of hydrogen-bond donors (Lipinski definition) is 6. The molecule has 2 aromatic rings. The van der Waals surface area contributed by atoms with Crippen molar-refractivity contribution in [2.24, 2.45) is 5.73 Å². The average molecular weight is 577 g/mol. The number of rotatable bonds is 13. The Morgan fingerprint density at radius 1 is 1.13 bits per heavy atom. The third-order valence-corrected chi connectivity index (χ3v) is 8.82. The van der Waals surface area contributed by atoms with Gasteiger partial charge in [-0.25, -0.2) is 13.2 Å². The van der Waals surface area contributed by atoms with Crippen molar-refractivity contribution >= 4 is 51.2 Å². The molecule has 1 aliphatic heterocycles. The molecule has 7 N–H and O–H groups in total. The van der Waals surface area contributed by atoms with Gasteiger partial charge in [0.25, 0.3) is 0 Å². The van der Waals surface area contributed by atoms with Crippen LogP contribution in [-0.4, -0.2) is 78.3 Å². The maximum absolute atomic E-state index is 13.1. The molecular formula is C25H32N6O6S2. The Hall–Kier alpha value is -3.62. The molecule has 2 atom stereocenters. The van der Waals surface area contributed by atoms with Crippen molar-refractivity contribution in [2.45, 2.75) is 36.2 Å². The molecule has 0 aliphatic carbocycles. The number of carbonyl (C=O) groups excluding carboxylic acids is 2. The molecule has 1 fully saturated rings. The van der Waals surface area contributed by atoms with Gasteiger partial charge in [0, 0.05) is 31.0 Å². The van der Waals surface area contributed by atoms with E-state index in [0.717, 1.165) is 4.31 Å². The first-order valence-electron chi connectivity index (χ1n) is 12.2. The van der Waals surface area contributed by atoms with Crippen molar-refractivity contribution < 1.29 is 27.9 Å². The average Bonchev–Trinajstić information content (AvgIpc) is 3.41. The summed E-state index contributed by atoms with van der Waals surface area (Å²) in [6.45, 7) is 0.652. The number of aliphatic carboxylic acids is 1. The molecule has 1 saturated heterocycles. The van der Waals surface area contributed by atoms with Crippen molar-refractivity contribution in [2.75, 3.05) is 29.9 Å². The normalized spacial score (nSPS) is 16.3. The Morgan fingerprint density at radius 3 is 2.46 bits per heavy atom. The van der Waals surface area contributed by atoms with E-state index in [1.165, 1.54) is 23.9 Å². The van der Waals surface area contributed by atoms with Crippen LogP contribution < -0.4 is 21.7 Å². The monoisotopic (exact) mass is 576 g/mol. The molecule has 14 heteroatoms. The third-order valence-electron chi connectivity index (χ3n) is 5.94. The Balaban J connectivity index is 1.55. The lowest BCUT2D eigenvalue weighted by atomic mass is 10.0. The lowest BCUT2D eigenvalue weighted by Crippen LogP contribution is -2.51. The van der Waals surface area contributed by atoms with Gasteiger partial charge in [0.05, 0.1) is 10.6 Å². The molecule has 210 valence electrons. The van der Waals surface area contributed by atoms with Crippen LogP contribution in [0.25, 0.3) is 0 Å². The zero-order valence-corrected chi connectivity index (χ0v) is 22.8. The molecule has 12 nitrogen and oxygen atoms in total. The zero-order valence-electron chi connectivity index (χ0n) is 21.1. The van der Waals surface area contributed by atoms with Crippen LogP contribution in [0.4, 0.5) is 5.69 Å². The van der Waals surface area contributed by atoms with E-state index in [4.69, 9.17) is 11.1 Å². The van der Waals surface area contributed by atoms with Gasteiger partial charge >= 0.3 is 5.97 Å². The highest BCUT2D eigenvalue weighted by Gasteiger charge is 2.40. The van der Waals surface area contributed by atoms with Crippen LogP contribution in [0.5, 0.6) is 0 Å². The van der Waals surface area contributed by atoms with Gasteiger partial charge in [-0.3, -0.25) is 15.0 Å². The van der Waals surface area contributed by atoms with E-state index in [1.807, 2.05) is 0 Å². The summed E-state index contributed by atoms with van der Waals surface area (Å²) in [5.74, 6) is -1.41. The predicted octanol–water partition coefficient (Wildman–Crippen LogP) is 0.807. The Labute approximate surface area is 231 Å². The number of carboxylic acid groups (broad SMARTS) is 1. The quantitative estimate of drug-likeness (QED) is 0.114. The molecule has 0 unspecified atom stereocenters. The highest BCUT2D eigenvalue weighted by Crippen LogP contribution is 2.26. The number of sulfonamides is 1. The standard InChI is InChI=1S/C25H32N6O6S2/c26-25(27)28-12-14-38-16-22(32)29-18-10-8-17(9-11-18)15-20(24(34)35)30-23(33)21-7-4-13-31(21)39(36,37)19-5-2-1-3-6-19/h1-3,5-6,8-11,20-21H,4,7,12-16H2,(H,29,32)(H,30,33)(H,34,35)(H4,26,27,28)/t20-,21-/m0/s1. The second-order valence-electron chi connectivity index (χ2n) is 8.83.